The monoisotopic (exact) mass is 270 g/mol. The van der Waals surface area contributed by atoms with Gasteiger partial charge in [-0.05, 0) is 46.5 Å². The molecule has 1 aromatic rings. The number of amides is 1. The van der Waals surface area contributed by atoms with E-state index in [-0.39, 0.29) is 5.54 Å². The number of carboxylic acid groups (broad SMARTS) is 1. The van der Waals surface area contributed by atoms with Crippen LogP contribution in [0.4, 0.5) is 4.79 Å². The van der Waals surface area contributed by atoms with Gasteiger partial charge in [-0.3, -0.25) is 0 Å². The van der Waals surface area contributed by atoms with Crippen LogP contribution in [0.1, 0.15) is 18.4 Å². The number of hydrogen-bond acceptors (Lipinski definition) is 2. The predicted molar refractivity (Wildman–Crippen MR) is 58.6 cm³/mol. The Hall–Kier alpha value is -1.10. The normalized spacial score (nSPS) is 17.2. The summed E-state index contributed by atoms with van der Waals surface area (Å²) in [7, 11) is 1.61. The van der Waals surface area contributed by atoms with Gasteiger partial charge in [-0.15, -0.1) is 0 Å². The first-order valence-corrected chi connectivity index (χ1v) is 5.44. The van der Waals surface area contributed by atoms with E-state index in [0.29, 0.717) is 0 Å². The van der Waals surface area contributed by atoms with Gasteiger partial charge in [0, 0.05) is 13.2 Å². The molecule has 1 aliphatic carbocycles. The van der Waals surface area contributed by atoms with Crippen LogP contribution in [-0.2, 0) is 5.54 Å². The quantitative estimate of drug-likeness (QED) is 0.840. The van der Waals surface area contributed by atoms with Crippen LogP contribution in [0.5, 0.6) is 0 Å². The first-order chi connectivity index (χ1) is 7.06. The van der Waals surface area contributed by atoms with Crippen molar-refractivity contribution < 1.29 is 9.90 Å². The molecule has 2 rings (SSSR count). The highest BCUT2D eigenvalue weighted by Gasteiger charge is 2.50. The minimum atomic E-state index is -0.888. The molecule has 0 unspecified atom stereocenters. The smallest absolute Gasteiger partial charge is 0.407 e. The maximum Gasteiger partial charge on any atom is 0.407 e. The highest BCUT2D eigenvalue weighted by Crippen LogP contribution is 2.50. The first-order valence-electron chi connectivity index (χ1n) is 4.65. The Balaban J connectivity index is 2.34. The molecule has 1 aromatic heterocycles. The lowest BCUT2D eigenvalue weighted by atomic mass is 10.1. The number of nitrogens with zero attached hydrogens (tertiary/aromatic N) is 2. The molecule has 0 atom stereocenters. The Bertz CT molecular complexity index is 404. The number of pyridine rings is 1. The van der Waals surface area contributed by atoms with E-state index in [2.05, 4.69) is 20.9 Å². The number of aromatic nitrogens is 1. The molecule has 0 aliphatic heterocycles. The lowest BCUT2D eigenvalue weighted by Crippen LogP contribution is -2.36. The van der Waals surface area contributed by atoms with E-state index in [0.717, 1.165) is 23.0 Å². The van der Waals surface area contributed by atoms with E-state index in [1.165, 1.54) is 4.90 Å². The SMILES string of the molecule is CN(C(=O)O)C1(c2ccnc(Br)c2)CC1. The number of carbonyl (C=O) groups is 1. The summed E-state index contributed by atoms with van der Waals surface area (Å²) in [6.07, 6.45) is 2.56. The van der Waals surface area contributed by atoms with Gasteiger partial charge in [0.1, 0.15) is 4.60 Å². The van der Waals surface area contributed by atoms with E-state index in [1.807, 2.05) is 12.1 Å². The fourth-order valence-electron chi connectivity index (χ4n) is 1.81. The lowest BCUT2D eigenvalue weighted by Gasteiger charge is -2.25. The largest absolute Gasteiger partial charge is 0.465 e. The topological polar surface area (TPSA) is 53.4 Å². The highest BCUT2D eigenvalue weighted by molar-refractivity contribution is 9.10. The summed E-state index contributed by atoms with van der Waals surface area (Å²) in [5, 5.41) is 8.99. The Labute approximate surface area is 96.1 Å². The molecule has 0 bridgehead atoms. The molecule has 80 valence electrons. The molecule has 1 heterocycles. The Morgan fingerprint density at radius 3 is 2.80 bits per heavy atom. The second kappa shape index (κ2) is 3.48. The molecule has 4 nitrogen and oxygen atoms in total. The van der Waals surface area contributed by atoms with Gasteiger partial charge >= 0.3 is 6.09 Å². The van der Waals surface area contributed by atoms with Crippen LogP contribution in [0.2, 0.25) is 0 Å². The zero-order valence-corrected chi connectivity index (χ0v) is 9.86. The maximum absolute atomic E-state index is 10.9. The molecule has 0 aromatic carbocycles. The van der Waals surface area contributed by atoms with Crippen molar-refractivity contribution in [2.24, 2.45) is 0 Å². The van der Waals surface area contributed by atoms with E-state index in [9.17, 15) is 4.79 Å². The Morgan fingerprint density at radius 2 is 2.33 bits per heavy atom. The molecule has 1 amide bonds. The van der Waals surface area contributed by atoms with Crippen LogP contribution in [0, 0.1) is 0 Å². The van der Waals surface area contributed by atoms with Gasteiger partial charge in [0.25, 0.3) is 0 Å². The molecular formula is C10H11BrN2O2. The highest BCUT2D eigenvalue weighted by atomic mass is 79.9. The number of halogens is 1. The Morgan fingerprint density at radius 1 is 1.67 bits per heavy atom. The van der Waals surface area contributed by atoms with Crippen LogP contribution in [0.25, 0.3) is 0 Å². The number of rotatable bonds is 2. The van der Waals surface area contributed by atoms with Crippen molar-refractivity contribution in [1.29, 1.82) is 0 Å². The van der Waals surface area contributed by atoms with Crippen molar-refractivity contribution in [3.8, 4) is 0 Å². The molecule has 0 spiro atoms. The second-order valence-electron chi connectivity index (χ2n) is 3.74. The summed E-state index contributed by atoms with van der Waals surface area (Å²) < 4.78 is 0.741. The van der Waals surface area contributed by atoms with E-state index < -0.39 is 6.09 Å². The third kappa shape index (κ3) is 1.71. The van der Waals surface area contributed by atoms with Crippen molar-refractivity contribution in [1.82, 2.24) is 9.88 Å². The molecule has 0 radical (unpaired) electrons. The summed E-state index contributed by atoms with van der Waals surface area (Å²) in [6, 6.07) is 3.75. The lowest BCUT2D eigenvalue weighted by molar-refractivity contribution is 0.132. The van der Waals surface area contributed by atoms with Crippen molar-refractivity contribution in [2.45, 2.75) is 18.4 Å². The summed E-state index contributed by atoms with van der Waals surface area (Å²) in [5.41, 5.74) is 0.686. The van der Waals surface area contributed by atoms with Crippen LogP contribution in [0.15, 0.2) is 22.9 Å². The van der Waals surface area contributed by atoms with Crippen LogP contribution in [0.3, 0.4) is 0 Å². The zero-order valence-electron chi connectivity index (χ0n) is 8.27. The maximum atomic E-state index is 10.9. The second-order valence-corrected chi connectivity index (χ2v) is 4.55. The van der Waals surface area contributed by atoms with Gasteiger partial charge in [-0.1, -0.05) is 0 Å². The molecule has 1 fully saturated rings. The van der Waals surface area contributed by atoms with E-state index in [4.69, 9.17) is 5.11 Å². The van der Waals surface area contributed by atoms with Gasteiger partial charge in [-0.25, -0.2) is 9.78 Å². The average Bonchev–Trinajstić information content (AvgIpc) is 2.97. The first kappa shape index (κ1) is 10.4. The van der Waals surface area contributed by atoms with Crippen molar-refractivity contribution in [3.63, 3.8) is 0 Å². The van der Waals surface area contributed by atoms with Gasteiger partial charge in [0.05, 0.1) is 5.54 Å². The molecule has 1 saturated carbocycles. The number of hydrogen-bond donors (Lipinski definition) is 1. The third-order valence-electron chi connectivity index (χ3n) is 2.92. The van der Waals surface area contributed by atoms with Crippen molar-refractivity contribution >= 4 is 22.0 Å². The summed E-state index contributed by atoms with van der Waals surface area (Å²) in [6.45, 7) is 0. The van der Waals surface area contributed by atoms with Crippen LogP contribution in [-0.4, -0.2) is 28.1 Å². The van der Waals surface area contributed by atoms with Crippen molar-refractivity contribution in [2.75, 3.05) is 7.05 Å². The molecule has 1 N–H and O–H groups in total. The minimum absolute atomic E-state index is 0.322. The van der Waals surface area contributed by atoms with Gasteiger partial charge in [0.15, 0.2) is 0 Å². The van der Waals surface area contributed by atoms with Gasteiger partial charge < -0.3 is 10.0 Å². The molecule has 5 heteroatoms. The Kier molecular flexibility index (Phi) is 2.42. The fourth-order valence-corrected chi connectivity index (χ4v) is 2.18. The molecule has 15 heavy (non-hydrogen) atoms. The zero-order chi connectivity index (χ0) is 11.1. The molecular weight excluding hydrogens is 260 g/mol. The van der Waals surface area contributed by atoms with Gasteiger partial charge in [-0.2, -0.15) is 0 Å². The predicted octanol–water partition coefficient (Wildman–Crippen LogP) is 2.44. The molecule has 0 saturated heterocycles. The van der Waals surface area contributed by atoms with E-state index in [1.54, 1.807) is 13.2 Å². The van der Waals surface area contributed by atoms with Crippen LogP contribution < -0.4 is 0 Å². The fraction of sp³-hybridized carbons (Fsp3) is 0.400. The summed E-state index contributed by atoms with van der Waals surface area (Å²) >= 11 is 3.29. The van der Waals surface area contributed by atoms with Crippen molar-refractivity contribution in [3.05, 3.63) is 28.5 Å². The van der Waals surface area contributed by atoms with E-state index >= 15 is 0 Å². The average molecular weight is 271 g/mol. The standard InChI is InChI=1S/C10H11BrN2O2/c1-13(9(14)15)10(3-4-10)7-2-5-12-8(11)6-7/h2,5-6H,3-4H2,1H3,(H,14,15). The van der Waals surface area contributed by atoms with Gasteiger partial charge in [0.2, 0.25) is 0 Å². The third-order valence-corrected chi connectivity index (χ3v) is 3.35. The molecule has 1 aliphatic rings. The summed E-state index contributed by atoms with van der Waals surface area (Å²) in [4.78, 5) is 16.4. The summed E-state index contributed by atoms with van der Waals surface area (Å²) in [5.74, 6) is 0. The minimum Gasteiger partial charge on any atom is -0.465 e. The van der Waals surface area contributed by atoms with Crippen LogP contribution >= 0.6 is 15.9 Å².